The molecule has 1 N–H and O–H groups in total. The van der Waals surface area contributed by atoms with Crippen molar-refractivity contribution in [3.63, 3.8) is 0 Å². The highest BCUT2D eigenvalue weighted by atomic mass is 35.5. The van der Waals surface area contributed by atoms with Gasteiger partial charge in [0.15, 0.2) is 0 Å². The largest absolute Gasteiger partial charge is 0.411 e. The molecule has 0 aliphatic rings. The summed E-state index contributed by atoms with van der Waals surface area (Å²) in [5.41, 5.74) is 0. The summed E-state index contributed by atoms with van der Waals surface area (Å²) >= 11 is 11.2. The van der Waals surface area contributed by atoms with Crippen molar-refractivity contribution in [1.82, 2.24) is 0 Å². The molecular formula is C8H7Cl2F3O. The van der Waals surface area contributed by atoms with Crippen molar-refractivity contribution in [3.05, 3.63) is 34.3 Å². The molecule has 0 aromatic heterocycles. The second kappa shape index (κ2) is 6.11. The SMILES string of the molecule is Clc1ccccc1Cl.OCC(F)(F)F. The third-order valence-electron chi connectivity index (χ3n) is 1.00. The molecule has 0 spiro atoms. The Kier molecular flexibility index (Phi) is 5.92. The summed E-state index contributed by atoms with van der Waals surface area (Å²) in [5, 5.41) is 8.49. The quantitative estimate of drug-likeness (QED) is 0.743. The summed E-state index contributed by atoms with van der Waals surface area (Å²) in [6.45, 7) is -1.73. The average Bonchev–Trinajstić information content (AvgIpc) is 2.10. The maximum atomic E-state index is 10.5. The summed E-state index contributed by atoms with van der Waals surface area (Å²) in [7, 11) is 0. The van der Waals surface area contributed by atoms with Crippen LogP contribution >= 0.6 is 23.2 Å². The van der Waals surface area contributed by atoms with E-state index in [1.165, 1.54) is 0 Å². The molecule has 80 valence electrons. The van der Waals surface area contributed by atoms with Gasteiger partial charge in [0.25, 0.3) is 0 Å². The first-order valence-electron chi connectivity index (χ1n) is 3.44. The molecule has 0 unspecified atom stereocenters. The molecular weight excluding hydrogens is 240 g/mol. The zero-order valence-corrected chi connectivity index (χ0v) is 8.37. The Morgan fingerprint density at radius 3 is 1.50 bits per heavy atom. The highest BCUT2D eigenvalue weighted by Gasteiger charge is 2.24. The standard InChI is InChI=1S/C6H4Cl2.C2H3F3O/c7-5-3-1-2-4-6(5)8;3-2(4,5)1-6/h1-4H;6H,1H2. The van der Waals surface area contributed by atoms with Crippen molar-refractivity contribution in [3.8, 4) is 0 Å². The van der Waals surface area contributed by atoms with Crippen LogP contribution < -0.4 is 0 Å². The van der Waals surface area contributed by atoms with E-state index in [2.05, 4.69) is 0 Å². The zero-order valence-electron chi connectivity index (χ0n) is 6.85. The molecule has 0 atom stereocenters. The Balaban J connectivity index is 0.000000255. The molecule has 0 aliphatic carbocycles. The molecule has 0 radical (unpaired) electrons. The van der Waals surface area contributed by atoms with Crippen LogP contribution in [0.25, 0.3) is 0 Å². The highest BCUT2D eigenvalue weighted by Crippen LogP contribution is 2.19. The van der Waals surface area contributed by atoms with Gasteiger partial charge in [-0.2, -0.15) is 13.2 Å². The lowest BCUT2D eigenvalue weighted by Gasteiger charge is -1.95. The lowest BCUT2D eigenvalue weighted by atomic mass is 10.4. The summed E-state index contributed by atoms with van der Waals surface area (Å²) in [5.74, 6) is 0. The third-order valence-corrected chi connectivity index (χ3v) is 1.76. The van der Waals surface area contributed by atoms with E-state index in [1.807, 2.05) is 12.1 Å². The molecule has 0 heterocycles. The molecule has 1 rings (SSSR count). The van der Waals surface area contributed by atoms with Crippen LogP contribution in [0.15, 0.2) is 24.3 Å². The maximum Gasteiger partial charge on any atom is 0.411 e. The van der Waals surface area contributed by atoms with E-state index in [0.717, 1.165) is 0 Å². The van der Waals surface area contributed by atoms with Gasteiger partial charge in [-0.15, -0.1) is 0 Å². The predicted molar refractivity (Wildman–Crippen MR) is 49.6 cm³/mol. The normalized spacial score (nSPS) is 10.4. The smallest absolute Gasteiger partial charge is 0.387 e. The Morgan fingerprint density at radius 1 is 1.07 bits per heavy atom. The molecule has 1 nitrogen and oxygen atoms in total. The van der Waals surface area contributed by atoms with Gasteiger partial charge >= 0.3 is 6.18 Å². The summed E-state index contributed by atoms with van der Waals surface area (Å²) in [4.78, 5) is 0. The molecule has 6 heteroatoms. The Hall–Kier alpha value is -0.450. The van der Waals surface area contributed by atoms with Crippen molar-refractivity contribution < 1.29 is 18.3 Å². The second-order valence-corrected chi connectivity index (χ2v) is 3.00. The van der Waals surface area contributed by atoms with Crippen LogP contribution in [0, 0.1) is 0 Å². The fraction of sp³-hybridized carbons (Fsp3) is 0.250. The van der Waals surface area contributed by atoms with Crippen LogP contribution in [-0.4, -0.2) is 17.9 Å². The van der Waals surface area contributed by atoms with Crippen LogP contribution in [-0.2, 0) is 0 Å². The van der Waals surface area contributed by atoms with Crippen molar-refractivity contribution in [2.24, 2.45) is 0 Å². The molecule has 0 bridgehead atoms. The molecule has 0 fully saturated rings. The van der Waals surface area contributed by atoms with Gasteiger partial charge in [-0.05, 0) is 12.1 Å². The first kappa shape index (κ1) is 13.5. The first-order chi connectivity index (χ1) is 6.37. The van der Waals surface area contributed by atoms with Gasteiger partial charge in [0.05, 0.1) is 10.0 Å². The summed E-state index contributed by atoms with van der Waals surface area (Å²) in [6, 6.07) is 7.19. The molecule has 1 aromatic rings. The third kappa shape index (κ3) is 7.00. The molecule has 0 aliphatic heterocycles. The molecule has 14 heavy (non-hydrogen) atoms. The monoisotopic (exact) mass is 246 g/mol. The number of aliphatic hydroxyl groups is 1. The van der Waals surface area contributed by atoms with E-state index in [4.69, 9.17) is 28.3 Å². The van der Waals surface area contributed by atoms with E-state index in [1.54, 1.807) is 12.1 Å². The van der Waals surface area contributed by atoms with Crippen LogP contribution in [0.5, 0.6) is 0 Å². The topological polar surface area (TPSA) is 20.2 Å². The van der Waals surface area contributed by atoms with Gasteiger partial charge in [-0.3, -0.25) is 0 Å². The predicted octanol–water partition coefficient (Wildman–Crippen LogP) is 3.53. The fourth-order valence-corrected chi connectivity index (χ4v) is 0.711. The summed E-state index contributed by atoms with van der Waals surface area (Å²) < 4.78 is 31.6. The van der Waals surface area contributed by atoms with Crippen LogP contribution in [0.3, 0.4) is 0 Å². The Bertz CT molecular complexity index is 255. The lowest BCUT2D eigenvalue weighted by Crippen LogP contribution is -2.12. The number of benzene rings is 1. The van der Waals surface area contributed by atoms with Gasteiger partial charge in [0.1, 0.15) is 6.61 Å². The minimum absolute atomic E-state index is 0.606. The van der Waals surface area contributed by atoms with Gasteiger partial charge in [-0.1, -0.05) is 35.3 Å². The number of alkyl halides is 3. The van der Waals surface area contributed by atoms with Gasteiger partial charge in [-0.25, -0.2) is 0 Å². The van der Waals surface area contributed by atoms with E-state index >= 15 is 0 Å². The van der Waals surface area contributed by atoms with E-state index in [9.17, 15) is 13.2 Å². The number of rotatable bonds is 0. The van der Waals surface area contributed by atoms with E-state index in [-0.39, 0.29) is 0 Å². The first-order valence-corrected chi connectivity index (χ1v) is 4.20. The van der Waals surface area contributed by atoms with Crippen molar-refractivity contribution in [2.45, 2.75) is 6.18 Å². The van der Waals surface area contributed by atoms with Gasteiger partial charge in [0.2, 0.25) is 0 Å². The highest BCUT2D eigenvalue weighted by molar-refractivity contribution is 6.41. The second-order valence-electron chi connectivity index (χ2n) is 2.19. The van der Waals surface area contributed by atoms with E-state index in [0.29, 0.717) is 10.0 Å². The van der Waals surface area contributed by atoms with Crippen molar-refractivity contribution in [1.29, 1.82) is 0 Å². The van der Waals surface area contributed by atoms with E-state index < -0.39 is 12.8 Å². The molecule has 0 saturated carbocycles. The number of hydrogen-bond donors (Lipinski definition) is 1. The lowest BCUT2D eigenvalue weighted by molar-refractivity contribution is -0.159. The van der Waals surface area contributed by atoms with Crippen molar-refractivity contribution >= 4 is 23.2 Å². The minimum atomic E-state index is -4.40. The van der Waals surface area contributed by atoms with Crippen LogP contribution in [0.4, 0.5) is 13.2 Å². The maximum absolute atomic E-state index is 10.5. The summed E-state index contributed by atoms with van der Waals surface area (Å²) in [6.07, 6.45) is -4.40. The van der Waals surface area contributed by atoms with Crippen molar-refractivity contribution in [2.75, 3.05) is 6.61 Å². The van der Waals surface area contributed by atoms with Crippen LogP contribution in [0.1, 0.15) is 0 Å². The number of halogens is 5. The number of aliphatic hydroxyl groups excluding tert-OH is 1. The Labute approximate surface area is 89.1 Å². The zero-order chi connectivity index (χ0) is 11.2. The average molecular weight is 247 g/mol. The molecule has 0 saturated heterocycles. The van der Waals surface area contributed by atoms with Crippen LogP contribution in [0.2, 0.25) is 10.0 Å². The Morgan fingerprint density at radius 2 is 1.36 bits per heavy atom. The number of hydrogen-bond acceptors (Lipinski definition) is 1. The van der Waals surface area contributed by atoms with Gasteiger partial charge in [0, 0.05) is 0 Å². The minimum Gasteiger partial charge on any atom is -0.387 e. The fourth-order valence-electron chi connectivity index (χ4n) is 0.439. The van der Waals surface area contributed by atoms with Gasteiger partial charge < -0.3 is 5.11 Å². The molecule has 1 aromatic carbocycles. The molecule has 0 amide bonds.